The van der Waals surface area contributed by atoms with Gasteiger partial charge >= 0.3 is 0 Å². The fourth-order valence-corrected chi connectivity index (χ4v) is 2.59. The minimum absolute atomic E-state index is 0.0534. The van der Waals surface area contributed by atoms with Crippen molar-refractivity contribution in [1.82, 2.24) is 10.2 Å². The molecule has 1 aliphatic rings. The zero-order valence-corrected chi connectivity index (χ0v) is 12.6. The highest BCUT2D eigenvalue weighted by molar-refractivity contribution is 9.10. The molecule has 1 aromatic carbocycles. The highest BCUT2D eigenvalue weighted by Gasteiger charge is 2.29. The fraction of sp³-hybridized carbons (Fsp3) is 0.462. The van der Waals surface area contributed by atoms with Crippen molar-refractivity contribution in [3.8, 4) is 0 Å². The van der Waals surface area contributed by atoms with E-state index in [-0.39, 0.29) is 5.91 Å². The number of carbonyl (C=O) groups excluding carboxylic acids is 1. The Morgan fingerprint density at radius 2 is 2.28 bits per heavy atom. The average molecular weight is 332 g/mol. The van der Waals surface area contributed by atoms with E-state index in [1.54, 1.807) is 12.1 Å². The van der Waals surface area contributed by atoms with E-state index in [9.17, 15) is 4.79 Å². The van der Waals surface area contributed by atoms with Crippen molar-refractivity contribution in [3.05, 3.63) is 33.3 Å². The molecule has 3 nitrogen and oxygen atoms in total. The first-order chi connectivity index (χ1) is 8.63. The van der Waals surface area contributed by atoms with E-state index in [0.717, 1.165) is 30.5 Å². The fourth-order valence-electron chi connectivity index (χ4n) is 2.00. The van der Waals surface area contributed by atoms with E-state index in [1.165, 1.54) is 0 Å². The van der Waals surface area contributed by atoms with Gasteiger partial charge in [0.15, 0.2) is 0 Å². The molecule has 1 aromatic rings. The summed E-state index contributed by atoms with van der Waals surface area (Å²) >= 11 is 9.38. The van der Waals surface area contributed by atoms with Crippen LogP contribution in [0.25, 0.3) is 0 Å². The summed E-state index contributed by atoms with van der Waals surface area (Å²) in [4.78, 5) is 14.5. The third-order valence-corrected chi connectivity index (χ3v) is 4.01. The molecular weight excluding hydrogens is 316 g/mol. The molecule has 1 aliphatic heterocycles. The third kappa shape index (κ3) is 2.87. The second-order valence-electron chi connectivity index (χ2n) is 4.43. The maximum Gasteiger partial charge on any atom is 0.255 e. The van der Waals surface area contributed by atoms with Crippen molar-refractivity contribution in [3.63, 3.8) is 0 Å². The van der Waals surface area contributed by atoms with Crippen LogP contribution >= 0.6 is 27.5 Å². The van der Waals surface area contributed by atoms with Crippen molar-refractivity contribution in [2.24, 2.45) is 0 Å². The molecule has 1 N–H and O–H groups in total. The molecule has 0 unspecified atom stereocenters. The molecule has 0 atom stereocenters. The van der Waals surface area contributed by atoms with E-state index in [4.69, 9.17) is 11.6 Å². The predicted molar refractivity (Wildman–Crippen MR) is 77.1 cm³/mol. The van der Waals surface area contributed by atoms with E-state index in [1.807, 2.05) is 11.0 Å². The monoisotopic (exact) mass is 330 g/mol. The van der Waals surface area contributed by atoms with Gasteiger partial charge in [-0.15, -0.1) is 0 Å². The SMILES string of the molecule is CCCN(C(=O)c1cc(Cl)ccc1Br)C1CNC1. The predicted octanol–water partition coefficient (Wildman–Crippen LogP) is 2.93. The van der Waals surface area contributed by atoms with Crippen LogP contribution in [-0.2, 0) is 0 Å². The Bertz CT molecular complexity index is 449. The molecule has 0 radical (unpaired) electrons. The number of nitrogens with one attached hydrogen (secondary N) is 1. The van der Waals surface area contributed by atoms with Crippen LogP contribution in [0.2, 0.25) is 5.02 Å². The Morgan fingerprint density at radius 1 is 1.56 bits per heavy atom. The van der Waals surface area contributed by atoms with Gasteiger partial charge in [0.2, 0.25) is 0 Å². The highest BCUT2D eigenvalue weighted by Crippen LogP contribution is 2.24. The molecule has 5 heteroatoms. The molecular formula is C13H16BrClN2O. The van der Waals surface area contributed by atoms with Crippen LogP contribution in [0, 0.1) is 0 Å². The van der Waals surface area contributed by atoms with Crippen molar-refractivity contribution in [1.29, 1.82) is 0 Å². The van der Waals surface area contributed by atoms with Gasteiger partial charge in [0, 0.05) is 29.1 Å². The van der Waals surface area contributed by atoms with Gasteiger partial charge in [-0.3, -0.25) is 4.79 Å². The summed E-state index contributed by atoms with van der Waals surface area (Å²) in [6.45, 7) is 4.62. The maximum atomic E-state index is 12.6. The summed E-state index contributed by atoms with van der Waals surface area (Å²) in [6, 6.07) is 5.63. The number of benzene rings is 1. The first-order valence-corrected chi connectivity index (χ1v) is 7.27. The summed E-state index contributed by atoms with van der Waals surface area (Å²) in [5, 5.41) is 3.79. The van der Waals surface area contributed by atoms with E-state index >= 15 is 0 Å². The zero-order valence-electron chi connectivity index (χ0n) is 10.2. The molecule has 0 aromatic heterocycles. The molecule has 18 heavy (non-hydrogen) atoms. The van der Waals surface area contributed by atoms with Crippen LogP contribution in [-0.4, -0.2) is 36.5 Å². The van der Waals surface area contributed by atoms with Gasteiger partial charge in [-0.1, -0.05) is 18.5 Å². The normalized spacial score (nSPS) is 15.3. The maximum absolute atomic E-state index is 12.6. The van der Waals surface area contributed by atoms with Crippen molar-refractivity contribution in [2.75, 3.05) is 19.6 Å². The molecule has 98 valence electrons. The number of carbonyl (C=O) groups is 1. The number of hydrogen-bond acceptors (Lipinski definition) is 2. The smallest absolute Gasteiger partial charge is 0.255 e. The van der Waals surface area contributed by atoms with Gasteiger partial charge in [-0.05, 0) is 40.5 Å². The van der Waals surface area contributed by atoms with Gasteiger partial charge in [-0.2, -0.15) is 0 Å². The second kappa shape index (κ2) is 6.04. The van der Waals surface area contributed by atoms with Crippen molar-refractivity contribution >= 4 is 33.4 Å². The van der Waals surface area contributed by atoms with E-state index in [2.05, 4.69) is 28.2 Å². The molecule has 2 rings (SSSR count). The van der Waals surface area contributed by atoms with Crippen LogP contribution in [0.1, 0.15) is 23.7 Å². The molecule has 0 aliphatic carbocycles. The number of halogens is 2. The van der Waals surface area contributed by atoms with Crippen LogP contribution < -0.4 is 5.32 Å². The molecule has 0 saturated carbocycles. The summed E-state index contributed by atoms with van der Waals surface area (Å²) in [6.07, 6.45) is 0.959. The Kier molecular flexibility index (Phi) is 4.65. The zero-order chi connectivity index (χ0) is 13.1. The van der Waals surface area contributed by atoms with E-state index < -0.39 is 0 Å². The van der Waals surface area contributed by atoms with Gasteiger partial charge in [0.05, 0.1) is 11.6 Å². The Morgan fingerprint density at radius 3 is 2.83 bits per heavy atom. The van der Waals surface area contributed by atoms with Gasteiger partial charge in [-0.25, -0.2) is 0 Å². The van der Waals surface area contributed by atoms with Crippen LogP contribution in [0.3, 0.4) is 0 Å². The van der Waals surface area contributed by atoms with Gasteiger partial charge in [0.1, 0.15) is 0 Å². The minimum Gasteiger partial charge on any atom is -0.333 e. The van der Waals surface area contributed by atoms with Gasteiger partial charge < -0.3 is 10.2 Å². The molecule has 1 amide bonds. The summed E-state index contributed by atoms with van der Waals surface area (Å²) < 4.78 is 0.797. The third-order valence-electron chi connectivity index (χ3n) is 3.08. The Labute approximate surface area is 121 Å². The average Bonchev–Trinajstić information content (AvgIpc) is 2.28. The topological polar surface area (TPSA) is 32.3 Å². The molecule has 0 spiro atoms. The molecule has 1 saturated heterocycles. The lowest BCUT2D eigenvalue weighted by molar-refractivity contribution is 0.0615. The lowest BCUT2D eigenvalue weighted by Crippen LogP contribution is -2.59. The van der Waals surface area contributed by atoms with Gasteiger partial charge in [0.25, 0.3) is 5.91 Å². The molecule has 1 heterocycles. The number of nitrogens with zero attached hydrogens (tertiary/aromatic N) is 1. The standard InChI is InChI=1S/C13H16BrClN2O/c1-2-5-17(10-7-16-8-10)13(18)11-6-9(15)3-4-12(11)14/h3-4,6,10,16H,2,5,7-8H2,1H3. The van der Waals surface area contributed by atoms with Crippen LogP contribution in [0.4, 0.5) is 0 Å². The summed E-state index contributed by atoms with van der Waals surface area (Å²) in [5.41, 5.74) is 0.642. The second-order valence-corrected chi connectivity index (χ2v) is 5.73. The minimum atomic E-state index is 0.0534. The quantitative estimate of drug-likeness (QED) is 0.920. The first kappa shape index (κ1) is 13.8. The Balaban J connectivity index is 2.23. The summed E-state index contributed by atoms with van der Waals surface area (Å²) in [5.74, 6) is 0.0534. The summed E-state index contributed by atoms with van der Waals surface area (Å²) in [7, 11) is 0. The number of rotatable bonds is 4. The lowest BCUT2D eigenvalue weighted by atomic mass is 10.1. The van der Waals surface area contributed by atoms with Crippen molar-refractivity contribution in [2.45, 2.75) is 19.4 Å². The molecule has 1 fully saturated rings. The molecule has 0 bridgehead atoms. The highest BCUT2D eigenvalue weighted by atomic mass is 79.9. The largest absolute Gasteiger partial charge is 0.333 e. The number of amides is 1. The Hall–Kier alpha value is -0.580. The number of hydrogen-bond donors (Lipinski definition) is 1. The van der Waals surface area contributed by atoms with Crippen LogP contribution in [0.15, 0.2) is 22.7 Å². The van der Waals surface area contributed by atoms with Crippen molar-refractivity contribution < 1.29 is 4.79 Å². The lowest BCUT2D eigenvalue weighted by Gasteiger charge is -2.38. The van der Waals surface area contributed by atoms with E-state index in [0.29, 0.717) is 16.6 Å². The van der Waals surface area contributed by atoms with Crippen LogP contribution in [0.5, 0.6) is 0 Å². The first-order valence-electron chi connectivity index (χ1n) is 6.10.